The molecule has 1 fully saturated rings. The first-order chi connectivity index (χ1) is 7.16. The minimum atomic E-state index is 0.153. The Kier molecular flexibility index (Phi) is 2.73. The van der Waals surface area contributed by atoms with E-state index in [-0.39, 0.29) is 12.1 Å². The summed E-state index contributed by atoms with van der Waals surface area (Å²) in [5.74, 6) is 0.173. The molecular formula is C12H16N2O. The van der Waals surface area contributed by atoms with Gasteiger partial charge in [0.15, 0.2) is 0 Å². The van der Waals surface area contributed by atoms with Gasteiger partial charge in [-0.3, -0.25) is 10.1 Å². The van der Waals surface area contributed by atoms with E-state index in [4.69, 9.17) is 0 Å². The molecule has 1 aromatic carbocycles. The SMILES string of the molecule is Cc1ccc(C[C@@H]2NCC(=O)N2C)cc1. The number of nitrogens with zero attached hydrogens (tertiary/aromatic N) is 1. The van der Waals surface area contributed by atoms with E-state index < -0.39 is 0 Å². The predicted molar refractivity (Wildman–Crippen MR) is 59.4 cm³/mol. The third kappa shape index (κ3) is 2.18. The van der Waals surface area contributed by atoms with Crippen LogP contribution < -0.4 is 5.32 Å². The van der Waals surface area contributed by atoms with Crippen LogP contribution in [0.2, 0.25) is 0 Å². The molecule has 80 valence electrons. The normalized spacial score (nSPS) is 21.1. The maximum absolute atomic E-state index is 11.3. The molecule has 0 aromatic heterocycles. The molecule has 1 amide bonds. The summed E-state index contributed by atoms with van der Waals surface area (Å²) < 4.78 is 0. The average molecular weight is 204 g/mol. The molecule has 0 aliphatic carbocycles. The van der Waals surface area contributed by atoms with Gasteiger partial charge in [-0.25, -0.2) is 0 Å². The van der Waals surface area contributed by atoms with Gasteiger partial charge in [0, 0.05) is 13.5 Å². The summed E-state index contributed by atoms with van der Waals surface area (Å²) in [6, 6.07) is 8.44. The van der Waals surface area contributed by atoms with Crippen molar-refractivity contribution in [2.75, 3.05) is 13.6 Å². The van der Waals surface area contributed by atoms with Crippen molar-refractivity contribution in [1.82, 2.24) is 10.2 Å². The zero-order valence-corrected chi connectivity index (χ0v) is 9.16. The summed E-state index contributed by atoms with van der Waals surface area (Å²) in [7, 11) is 1.85. The molecule has 0 spiro atoms. The number of hydrogen-bond acceptors (Lipinski definition) is 2. The van der Waals surface area contributed by atoms with Gasteiger partial charge in [-0.2, -0.15) is 0 Å². The highest BCUT2D eigenvalue weighted by Gasteiger charge is 2.26. The van der Waals surface area contributed by atoms with Crippen LogP contribution in [-0.2, 0) is 11.2 Å². The molecule has 1 aromatic rings. The van der Waals surface area contributed by atoms with Crippen molar-refractivity contribution < 1.29 is 4.79 Å². The Morgan fingerprint density at radius 3 is 2.60 bits per heavy atom. The average Bonchev–Trinajstić information content (AvgIpc) is 2.53. The second-order valence-electron chi connectivity index (χ2n) is 4.09. The molecule has 15 heavy (non-hydrogen) atoms. The van der Waals surface area contributed by atoms with Crippen LogP contribution in [0.1, 0.15) is 11.1 Å². The topological polar surface area (TPSA) is 32.3 Å². The van der Waals surface area contributed by atoms with Crippen LogP contribution in [0, 0.1) is 6.92 Å². The number of carbonyl (C=O) groups excluding carboxylic acids is 1. The van der Waals surface area contributed by atoms with Crippen molar-refractivity contribution in [3.8, 4) is 0 Å². The fourth-order valence-corrected chi connectivity index (χ4v) is 1.80. The van der Waals surface area contributed by atoms with E-state index in [2.05, 4.69) is 36.5 Å². The van der Waals surface area contributed by atoms with Gasteiger partial charge in [-0.15, -0.1) is 0 Å². The Morgan fingerprint density at radius 2 is 2.07 bits per heavy atom. The molecular weight excluding hydrogens is 188 g/mol. The number of carbonyl (C=O) groups is 1. The van der Waals surface area contributed by atoms with Crippen LogP contribution in [-0.4, -0.2) is 30.6 Å². The monoisotopic (exact) mass is 204 g/mol. The third-order valence-electron chi connectivity index (χ3n) is 2.90. The lowest BCUT2D eigenvalue weighted by atomic mass is 10.1. The van der Waals surface area contributed by atoms with Gasteiger partial charge in [0.25, 0.3) is 0 Å². The lowest BCUT2D eigenvalue weighted by molar-refractivity contribution is -0.126. The Hall–Kier alpha value is -1.35. The van der Waals surface area contributed by atoms with Crippen molar-refractivity contribution >= 4 is 5.91 Å². The van der Waals surface area contributed by atoms with E-state index in [9.17, 15) is 4.79 Å². The minimum Gasteiger partial charge on any atom is -0.329 e. The molecule has 0 unspecified atom stereocenters. The fraction of sp³-hybridized carbons (Fsp3) is 0.417. The Balaban J connectivity index is 2.03. The second-order valence-corrected chi connectivity index (χ2v) is 4.09. The number of amides is 1. The maximum Gasteiger partial charge on any atom is 0.237 e. The van der Waals surface area contributed by atoms with Crippen molar-refractivity contribution in [3.63, 3.8) is 0 Å². The van der Waals surface area contributed by atoms with Gasteiger partial charge in [0.1, 0.15) is 0 Å². The van der Waals surface area contributed by atoms with Gasteiger partial charge >= 0.3 is 0 Å². The van der Waals surface area contributed by atoms with Crippen LogP contribution in [0.5, 0.6) is 0 Å². The highest BCUT2D eigenvalue weighted by atomic mass is 16.2. The van der Waals surface area contributed by atoms with E-state index in [0.717, 1.165) is 6.42 Å². The number of likely N-dealkylation sites (N-methyl/N-ethyl adjacent to an activating group) is 1. The smallest absolute Gasteiger partial charge is 0.237 e. The molecule has 1 saturated heterocycles. The Morgan fingerprint density at radius 1 is 1.40 bits per heavy atom. The highest BCUT2D eigenvalue weighted by molar-refractivity contribution is 5.80. The molecule has 0 saturated carbocycles. The van der Waals surface area contributed by atoms with Crippen molar-refractivity contribution in [2.24, 2.45) is 0 Å². The standard InChI is InChI=1S/C12H16N2O/c1-9-3-5-10(6-4-9)7-11-13-8-12(15)14(11)2/h3-6,11,13H,7-8H2,1-2H3/t11-/m1/s1. The largest absolute Gasteiger partial charge is 0.329 e. The molecule has 1 aliphatic heterocycles. The highest BCUT2D eigenvalue weighted by Crippen LogP contribution is 2.10. The van der Waals surface area contributed by atoms with E-state index in [1.807, 2.05) is 7.05 Å². The first-order valence-electron chi connectivity index (χ1n) is 5.21. The lowest BCUT2D eigenvalue weighted by Gasteiger charge is -2.19. The van der Waals surface area contributed by atoms with E-state index in [1.54, 1.807) is 4.90 Å². The van der Waals surface area contributed by atoms with Gasteiger partial charge in [-0.05, 0) is 12.5 Å². The first kappa shape index (κ1) is 10.2. The summed E-state index contributed by atoms with van der Waals surface area (Å²) in [6.07, 6.45) is 1.03. The maximum atomic E-state index is 11.3. The van der Waals surface area contributed by atoms with E-state index in [0.29, 0.717) is 6.54 Å². The summed E-state index contributed by atoms with van der Waals surface area (Å²) >= 11 is 0. The zero-order valence-electron chi connectivity index (χ0n) is 9.16. The summed E-state index contributed by atoms with van der Waals surface area (Å²) in [5, 5.41) is 3.20. The second kappa shape index (κ2) is 4.03. The summed E-state index contributed by atoms with van der Waals surface area (Å²) in [4.78, 5) is 13.1. The Labute approximate surface area is 90.1 Å². The van der Waals surface area contributed by atoms with Gasteiger partial charge < -0.3 is 4.90 Å². The molecule has 1 atom stereocenters. The van der Waals surface area contributed by atoms with Crippen LogP contribution >= 0.6 is 0 Å². The predicted octanol–water partition coefficient (Wildman–Crippen LogP) is 0.925. The lowest BCUT2D eigenvalue weighted by Crippen LogP contribution is -2.35. The summed E-state index contributed by atoms with van der Waals surface area (Å²) in [6.45, 7) is 2.54. The quantitative estimate of drug-likeness (QED) is 0.777. The number of nitrogens with one attached hydrogen (secondary N) is 1. The molecule has 1 N–H and O–H groups in total. The van der Waals surface area contributed by atoms with Crippen molar-refractivity contribution in [1.29, 1.82) is 0 Å². The van der Waals surface area contributed by atoms with E-state index in [1.165, 1.54) is 11.1 Å². The number of aryl methyl sites for hydroxylation is 1. The fourth-order valence-electron chi connectivity index (χ4n) is 1.80. The van der Waals surface area contributed by atoms with Crippen LogP contribution in [0.4, 0.5) is 0 Å². The van der Waals surface area contributed by atoms with Crippen LogP contribution in [0.3, 0.4) is 0 Å². The number of benzene rings is 1. The number of rotatable bonds is 2. The van der Waals surface area contributed by atoms with Gasteiger partial charge in [0.2, 0.25) is 5.91 Å². The van der Waals surface area contributed by atoms with Gasteiger partial charge in [0.05, 0.1) is 12.7 Å². The van der Waals surface area contributed by atoms with Crippen LogP contribution in [0.25, 0.3) is 0 Å². The number of hydrogen-bond donors (Lipinski definition) is 1. The van der Waals surface area contributed by atoms with Crippen LogP contribution in [0.15, 0.2) is 24.3 Å². The summed E-state index contributed by atoms with van der Waals surface area (Å²) in [5.41, 5.74) is 2.53. The first-order valence-corrected chi connectivity index (χ1v) is 5.21. The van der Waals surface area contributed by atoms with Crippen molar-refractivity contribution in [3.05, 3.63) is 35.4 Å². The Bertz CT molecular complexity index is 358. The molecule has 1 heterocycles. The molecule has 0 bridgehead atoms. The molecule has 0 radical (unpaired) electrons. The minimum absolute atomic E-state index is 0.153. The third-order valence-corrected chi connectivity index (χ3v) is 2.90. The van der Waals surface area contributed by atoms with E-state index >= 15 is 0 Å². The molecule has 2 rings (SSSR count). The molecule has 3 nitrogen and oxygen atoms in total. The zero-order chi connectivity index (χ0) is 10.8. The molecule has 3 heteroatoms. The molecule has 1 aliphatic rings. The van der Waals surface area contributed by atoms with Gasteiger partial charge in [-0.1, -0.05) is 29.8 Å². The van der Waals surface area contributed by atoms with Crippen molar-refractivity contribution in [2.45, 2.75) is 19.5 Å².